The second-order valence-electron chi connectivity index (χ2n) is 2.08. The van der Waals surface area contributed by atoms with Crippen LogP contribution >= 0.6 is 0 Å². The van der Waals surface area contributed by atoms with Crippen molar-refractivity contribution in [3.8, 4) is 0 Å². The van der Waals surface area contributed by atoms with E-state index in [1.165, 1.54) is 0 Å². The molecule has 0 spiro atoms. The molecule has 1 heterocycles. The molecule has 1 aromatic heterocycles. The number of fused-ring (bicyclic) bond motifs is 1. The molecule has 0 saturated carbocycles. The molecule has 0 aliphatic heterocycles. The zero-order valence-electron chi connectivity index (χ0n) is 6.07. The van der Waals surface area contributed by atoms with Gasteiger partial charge in [0, 0.05) is 49.3 Å². The molecule has 0 aliphatic carbocycles. The van der Waals surface area contributed by atoms with Crippen molar-refractivity contribution < 1.29 is 0 Å². The molecule has 2 radical (unpaired) electrons. The molecular weight excluding hydrogens is 164 g/mol. The molecule has 0 unspecified atom stereocenters. The molecule has 0 amide bonds. The Morgan fingerprint density at radius 3 is 2.73 bits per heavy atom. The fraction of sp³-hybridized carbons (Fsp3) is 0. The van der Waals surface area contributed by atoms with Gasteiger partial charge in [0.15, 0.2) is 0 Å². The summed E-state index contributed by atoms with van der Waals surface area (Å²) in [5, 5.41) is 1.09. The van der Waals surface area contributed by atoms with Gasteiger partial charge in [-0.05, 0) is 6.07 Å². The number of nitrogens with zero attached hydrogens (tertiary/aromatic N) is 2. The van der Waals surface area contributed by atoms with Crippen LogP contribution in [0.1, 0.15) is 0 Å². The van der Waals surface area contributed by atoms with Crippen LogP contribution in [-0.4, -0.2) is 47.7 Å². The zero-order chi connectivity index (χ0) is 6.81. The molecule has 0 fully saturated rings. The number of aromatic nitrogens is 2. The van der Waals surface area contributed by atoms with Crippen LogP contribution in [0, 0.1) is 0 Å². The van der Waals surface area contributed by atoms with Gasteiger partial charge in [0.2, 0.25) is 0 Å². The van der Waals surface area contributed by atoms with Gasteiger partial charge < -0.3 is 0 Å². The summed E-state index contributed by atoms with van der Waals surface area (Å²) in [7, 11) is 0. The Balaban J connectivity index is 0.000000605. The maximum atomic E-state index is 4.07. The summed E-state index contributed by atoms with van der Waals surface area (Å²) in [6, 6.07) is 7.91. The van der Waals surface area contributed by atoms with Crippen molar-refractivity contribution in [1.82, 2.24) is 9.97 Å². The van der Waals surface area contributed by atoms with Gasteiger partial charge in [-0.15, -0.1) is 0 Å². The van der Waals surface area contributed by atoms with E-state index < -0.39 is 0 Å². The normalized spacial score (nSPS) is 9.09. The van der Waals surface area contributed by atoms with Crippen LogP contribution in [0.15, 0.2) is 36.8 Å². The van der Waals surface area contributed by atoms with Crippen LogP contribution in [0.2, 0.25) is 0 Å². The summed E-state index contributed by atoms with van der Waals surface area (Å²) in [5.74, 6) is 0. The maximum absolute atomic E-state index is 4.07. The number of hydrogen-bond donors (Lipinski definition) is 0. The molecular formula is C8H6CaN2. The minimum absolute atomic E-state index is 0. The third kappa shape index (κ3) is 1.89. The monoisotopic (exact) mass is 170 g/mol. The minimum atomic E-state index is 0. The van der Waals surface area contributed by atoms with Crippen LogP contribution < -0.4 is 0 Å². The van der Waals surface area contributed by atoms with Gasteiger partial charge in [-0.1, -0.05) is 18.2 Å². The SMILES string of the molecule is [Ca].c1ccc2ncncc2c1. The topological polar surface area (TPSA) is 25.8 Å². The zero-order valence-corrected chi connectivity index (χ0v) is 8.27. The second-order valence-corrected chi connectivity index (χ2v) is 2.08. The third-order valence-corrected chi connectivity index (χ3v) is 1.41. The van der Waals surface area contributed by atoms with Crippen LogP contribution in [0.5, 0.6) is 0 Å². The van der Waals surface area contributed by atoms with E-state index in [4.69, 9.17) is 0 Å². The van der Waals surface area contributed by atoms with Crippen molar-refractivity contribution in [2.45, 2.75) is 0 Å². The summed E-state index contributed by atoms with van der Waals surface area (Å²) >= 11 is 0. The Morgan fingerprint density at radius 1 is 1.09 bits per heavy atom. The first-order valence-corrected chi connectivity index (χ1v) is 3.11. The molecule has 0 saturated heterocycles. The number of rotatable bonds is 0. The number of para-hydroxylation sites is 1. The summed E-state index contributed by atoms with van der Waals surface area (Å²) in [6.45, 7) is 0. The van der Waals surface area contributed by atoms with E-state index >= 15 is 0 Å². The standard InChI is InChI=1S/C8H6N2.Ca/c1-2-4-8-7(3-1)5-9-6-10-8;/h1-6H;. The number of benzene rings is 1. The van der Waals surface area contributed by atoms with E-state index in [0.717, 1.165) is 10.9 Å². The van der Waals surface area contributed by atoms with Gasteiger partial charge in [0.05, 0.1) is 5.52 Å². The average molecular weight is 170 g/mol. The van der Waals surface area contributed by atoms with Crippen molar-refractivity contribution >= 4 is 48.6 Å². The van der Waals surface area contributed by atoms with Crippen LogP contribution in [0.3, 0.4) is 0 Å². The summed E-state index contributed by atoms with van der Waals surface area (Å²) < 4.78 is 0. The van der Waals surface area contributed by atoms with Crippen molar-refractivity contribution in [3.05, 3.63) is 36.8 Å². The van der Waals surface area contributed by atoms with Crippen molar-refractivity contribution in [3.63, 3.8) is 0 Å². The summed E-state index contributed by atoms with van der Waals surface area (Å²) in [5.41, 5.74) is 0.998. The van der Waals surface area contributed by atoms with Crippen molar-refractivity contribution in [2.75, 3.05) is 0 Å². The molecule has 2 rings (SSSR count). The fourth-order valence-electron chi connectivity index (χ4n) is 0.923. The Bertz CT molecular complexity index is 283. The largest absolute Gasteiger partial charge is 0.244 e. The van der Waals surface area contributed by atoms with E-state index in [1.54, 1.807) is 6.33 Å². The summed E-state index contributed by atoms with van der Waals surface area (Å²) in [6.07, 6.45) is 3.37. The molecule has 3 heteroatoms. The van der Waals surface area contributed by atoms with Crippen molar-refractivity contribution in [2.24, 2.45) is 0 Å². The second kappa shape index (κ2) is 4.00. The molecule has 50 valence electrons. The molecule has 0 bridgehead atoms. The van der Waals surface area contributed by atoms with Gasteiger partial charge >= 0.3 is 0 Å². The van der Waals surface area contributed by atoms with Crippen LogP contribution in [0.4, 0.5) is 0 Å². The number of hydrogen-bond acceptors (Lipinski definition) is 2. The molecule has 0 N–H and O–H groups in total. The Labute approximate surface area is 94.7 Å². The molecule has 0 aliphatic rings. The minimum Gasteiger partial charge on any atom is -0.244 e. The molecule has 2 aromatic rings. The first-order valence-electron chi connectivity index (χ1n) is 3.11. The first-order chi connectivity index (χ1) is 4.97. The van der Waals surface area contributed by atoms with E-state index in [9.17, 15) is 0 Å². The quantitative estimate of drug-likeness (QED) is 0.556. The molecule has 2 nitrogen and oxygen atoms in total. The van der Waals surface area contributed by atoms with E-state index in [1.807, 2.05) is 30.5 Å². The Hall–Kier alpha value is -0.180. The van der Waals surface area contributed by atoms with Gasteiger partial charge in [-0.3, -0.25) is 0 Å². The third-order valence-electron chi connectivity index (χ3n) is 1.41. The van der Waals surface area contributed by atoms with Gasteiger partial charge in [-0.2, -0.15) is 0 Å². The van der Waals surface area contributed by atoms with E-state index in [0.29, 0.717) is 0 Å². The average Bonchev–Trinajstić information content (AvgIpc) is 2.05. The van der Waals surface area contributed by atoms with Gasteiger partial charge in [0.1, 0.15) is 6.33 Å². The van der Waals surface area contributed by atoms with E-state index in [2.05, 4.69) is 9.97 Å². The van der Waals surface area contributed by atoms with Gasteiger partial charge in [-0.25, -0.2) is 9.97 Å². The van der Waals surface area contributed by atoms with Gasteiger partial charge in [0.25, 0.3) is 0 Å². The van der Waals surface area contributed by atoms with E-state index in [-0.39, 0.29) is 37.7 Å². The summed E-state index contributed by atoms with van der Waals surface area (Å²) in [4.78, 5) is 7.97. The van der Waals surface area contributed by atoms with Crippen molar-refractivity contribution in [1.29, 1.82) is 0 Å². The molecule has 1 aromatic carbocycles. The molecule has 0 atom stereocenters. The van der Waals surface area contributed by atoms with Crippen LogP contribution in [0.25, 0.3) is 10.9 Å². The first kappa shape index (κ1) is 8.91. The maximum Gasteiger partial charge on any atom is 0.116 e. The molecule has 11 heavy (non-hydrogen) atoms. The predicted molar refractivity (Wildman–Crippen MR) is 45.3 cm³/mol. The predicted octanol–water partition coefficient (Wildman–Crippen LogP) is 1.25. The van der Waals surface area contributed by atoms with Crippen LogP contribution in [-0.2, 0) is 0 Å². The fourth-order valence-corrected chi connectivity index (χ4v) is 0.923. The Kier molecular flexibility index (Phi) is 3.24. The smallest absolute Gasteiger partial charge is 0.116 e. The Morgan fingerprint density at radius 2 is 1.91 bits per heavy atom.